The highest BCUT2D eigenvalue weighted by Gasteiger charge is 2.36. The number of halogens is 1. The quantitative estimate of drug-likeness (QED) is 0.851. The minimum absolute atomic E-state index is 0.133. The van der Waals surface area contributed by atoms with Crippen LogP contribution in [0, 0.1) is 5.82 Å². The van der Waals surface area contributed by atoms with Gasteiger partial charge in [-0.25, -0.2) is 4.39 Å². The van der Waals surface area contributed by atoms with E-state index in [0.29, 0.717) is 17.2 Å². The number of nitrogens with zero attached hydrogens (tertiary/aromatic N) is 1. The molecule has 0 bridgehead atoms. The Bertz CT molecular complexity index is 862. The number of amides is 2. The first kappa shape index (κ1) is 18.4. The van der Waals surface area contributed by atoms with E-state index in [2.05, 4.69) is 5.32 Å². The normalized spacial score (nSPS) is 21.6. The van der Waals surface area contributed by atoms with Crippen LogP contribution in [0.25, 0.3) is 0 Å². The molecule has 2 aromatic carbocycles. The van der Waals surface area contributed by atoms with E-state index in [1.165, 1.54) is 12.1 Å². The maximum atomic E-state index is 13.7. The van der Waals surface area contributed by atoms with Gasteiger partial charge in [0.1, 0.15) is 11.9 Å². The molecule has 4 nitrogen and oxygen atoms in total. The molecule has 4 rings (SSSR count). The van der Waals surface area contributed by atoms with Gasteiger partial charge in [-0.05, 0) is 42.3 Å². The van der Waals surface area contributed by atoms with Crippen molar-refractivity contribution in [2.24, 2.45) is 0 Å². The maximum Gasteiger partial charge on any atom is 0.255 e. The van der Waals surface area contributed by atoms with Gasteiger partial charge in [0, 0.05) is 22.0 Å². The van der Waals surface area contributed by atoms with Crippen molar-refractivity contribution in [1.29, 1.82) is 0 Å². The molecule has 2 heterocycles. The molecule has 2 aromatic rings. The Morgan fingerprint density at radius 3 is 2.78 bits per heavy atom. The van der Waals surface area contributed by atoms with Crippen molar-refractivity contribution in [2.45, 2.75) is 23.4 Å². The molecule has 2 atom stereocenters. The van der Waals surface area contributed by atoms with Crippen LogP contribution in [-0.4, -0.2) is 40.1 Å². The Labute approximate surface area is 165 Å². The molecule has 1 saturated heterocycles. The van der Waals surface area contributed by atoms with Gasteiger partial charge < -0.3 is 10.2 Å². The van der Waals surface area contributed by atoms with E-state index in [1.54, 1.807) is 46.6 Å². The SMILES string of the molecule is O=C(NC1CCSc2ccc(F)cc21)C1CSCN1C(=O)c1ccccc1. The summed E-state index contributed by atoms with van der Waals surface area (Å²) < 4.78 is 13.7. The number of nitrogens with one attached hydrogen (secondary N) is 1. The molecular weight excluding hydrogens is 383 g/mol. The summed E-state index contributed by atoms with van der Waals surface area (Å²) in [6.07, 6.45) is 0.749. The fraction of sp³-hybridized carbons (Fsp3) is 0.300. The van der Waals surface area contributed by atoms with Crippen LogP contribution in [-0.2, 0) is 4.79 Å². The zero-order valence-electron chi connectivity index (χ0n) is 14.6. The zero-order valence-corrected chi connectivity index (χ0v) is 16.2. The number of fused-ring (bicyclic) bond motifs is 1. The van der Waals surface area contributed by atoms with Crippen LogP contribution in [0.3, 0.4) is 0 Å². The van der Waals surface area contributed by atoms with Gasteiger partial charge >= 0.3 is 0 Å². The number of benzene rings is 2. The van der Waals surface area contributed by atoms with E-state index < -0.39 is 6.04 Å². The first-order chi connectivity index (χ1) is 13.1. The van der Waals surface area contributed by atoms with Gasteiger partial charge in [-0.3, -0.25) is 9.59 Å². The average molecular weight is 403 g/mol. The third-order valence-electron chi connectivity index (χ3n) is 4.79. The third-order valence-corrected chi connectivity index (χ3v) is 6.93. The van der Waals surface area contributed by atoms with E-state index in [0.717, 1.165) is 22.6 Å². The van der Waals surface area contributed by atoms with Gasteiger partial charge in [0.15, 0.2) is 0 Å². The molecule has 0 aromatic heterocycles. The van der Waals surface area contributed by atoms with E-state index in [-0.39, 0.29) is 23.7 Å². The lowest BCUT2D eigenvalue weighted by molar-refractivity contribution is -0.125. The van der Waals surface area contributed by atoms with Crippen LogP contribution < -0.4 is 5.32 Å². The molecule has 0 spiro atoms. The number of hydrogen-bond acceptors (Lipinski definition) is 4. The van der Waals surface area contributed by atoms with Crippen LogP contribution in [0.5, 0.6) is 0 Å². The van der Waals surface area contributed by atoms with Gasteiger partial charge in [0.05, 0.1) is 11.9 Å². The Morgan fingerprint density at radius 1 is 1.15 bits per heavy atom. The molecule has 0 radical (unpaired) electrons. The minimum atomic E-state index is -0.505. The van der Waals surface area contributed by atoms with Crippen LogP contribution in [0.4, 0.5) is 4.39 Å². The third kappa shape index (κ3) is 3.84. The number of rotatable bonds is 3. The van der Waals surface area contributed by atoms with Crippen molar-refractivity contribution in [1.82, 2.24) is 10.2 Å². The molecule has 1 fully saturated rings. The highest BCUT2D eigenvalue weighted by molar-refractivity contribution is 7.99. The Hall–Kier alpha value is -1.99. The topological polar surface area (TPSA) is 49.4 Å². The van der Waals surface area contributed by atoms with Crippen molar-refractivity contribution in [2.75, 3.05) is 17.4 Å². The van der Waals surface area contributed by atoms with E-state index in [4.69, 9.17) is 0 Å². The van der Waals surface area contributed by atoms with Crippen LogP contribution in [0.2, 0.25) is 0 Å². The van der Waals surface area contributed by atoms with Gasteiger partial charge in [-0.2, -0.15) is 0 Å². The summed E-state index contributed by atoms with van der Waals surface area (Å²) in [5, 5.41) is 3.05. The fourth-order valence-corrected chi connectivity index (χ4v) is 5.65. The van der Waals surface area contributed by atoms with Gasteiger partial charge in [0.25, 0.3) is 5.91 Å². The smallest absolute Gasteiger partial charge is 0.255 e. The summed E-state index contributed by atoms with van der Waals surface area (Å²) >= 11 is 3.25. The number of carbonyl (C=O) groups is 2. The molecule has 2 unspecified atom stereocenters. The summed E-state index contributed by atoms with van der Waals surface area (Å²) in [6.45, 7) is 0. The molecule has 2 aliphatic rings. The van der Waals surface area contributed by atoms with E-state index in [9.17, 15) is 14.0 Å². The second-order valence-corrected chi connectivity index (χ2v) is 8.67. The number of hydrogen-bond donors (Lipinski definition) is 1. The van der Waals surface area contributed by atoms with E-state index >= 15 is 0 Å². The predicted octanol–water partition coefficient (Wildman–Crippen LogP) is 3.69. The molecule has 2 aliphatic heterocycles. The summed E-state index contributed by atoms with van der Waals surface area (Å²) in [4.78, 5) is 28.3. The zero-order chi connectivity index (χ0) is 18.8. The molecule has 0 saturated carbocycles. The largest absolute Gasteiger partial charge is 0.347 e. The summed E-state index contributed by atoms with van der Waals surface area (Å²) in [5.41, 5.74) is 1.41. The Morgan fingerprint density at radius 2 is 1.96 bits per heavy atom. The van der Waals surface area contributed by atoms with E-state index in [1.807, 2.05) is 18.2 Å². The molecule has 27 heavy (non-hydrogen) atoms. The molecule has 0 aliphatic carbocycles. The van der Waals surface area contributed by atoms with Crippen molar-refractivity contribution in [3.8, 4) is 0 Å². The van der Waals surface area contributed by atoms with Crippen molar-refractivity contribution < 1.29 is 14.0 Å². The highest BCUT2D eigenvalue weighted by atomic mass is 32.2. The lowest BCUT2D eigenvalue weighted by Gasteiger charge is -2.29. The molecule has 7 heteroatoms. The average Bonchev–Trinajstić information content (AvgIpc) is 3.18. The standard InChI is InChI=1S/C20H19FN2O2S2/c21-14-6-7-18-15(10-14)16(8-9-27-18)22-19(24)17-11-26-12-23(17)20(25)13-4-2-1-3-5-13/h1-7,10,16-17H,8-9,11-12H2,(H,22,24). The summed E-state index contributed by atoms with van der Waals surface area (Å²) in [6, 6.07) is 13.0. The number of carbonyl (C=O) groups excluding carboxylic acids is 2. The van der Waals surface area contributed by atoms with Crippen molar-refractivity contribution >= 4 is 35.3 Å². The second-order valence-electron chi connectivity index (χ2n) is 6.54. The van der Waals surface area contributed by atoms with Crippen LogP contribution in [0.1, 0.15) is 28.4 Å². The molecular formula is C20H19FN2O2S2. The Balaban J connectivity index is 1.50. The lowest BCUT2D eigenvalue weighted by atomic mass is 10.0. The highest BCUT2D eigenvalue weighted by Crippen LogP contribution is 2.36. The second kappa shape index (κ2) is 7.94. The minimum Gasteiger partial charge on any atom is -0.347 e. The lowest BCUT2D eigenvalue weighted by Crippen LogP contribution is -2.48. The molecule has 2 amide bonds. The summed E-state index contributed by atoms with van der Waals surface area (Å²) in [7, 11) is 0. The van der Waals surface area contributed by atoms with Crippen LogP contribution in [0.15, 0.2) is 53.4 Å². The van der Waals surface area contributed by atoms with Gasteiger partial charge in [0.2, 0.25) is 5.91 Å². The Kier molecular flexibility index (Phi) is 5.41. The summed E-state index contributed by atoms with van der Waals surface area (Å²) in [5.74, 6) is 1.34. The van der Waals surface area contributed by atoms with Crippen molar-refractivity contribution in [3.05, 3.63) is 65.5 Å². The molecule has 1 N–H and O–H groups in total. The van der Waals surface area contributed by atoms with Crippen molar-refractivity contribution in [3.63, 3.8) is 0 Å². The van der Waals surface area contributed by atoms with Gasteiger partial charge in [-0.15, -0.1) is 23.5 Å². The predicted molar refractivity (Wildman–Crippen MR) is 106 cm³/mol. The number of thioether (sulfide) groups is 2. The first-order valence-electron chi connectivity index (χ1n) is 8.80. The monoisotopic (exact) mass is 402 g/mol. The van der Waals surface area contributed by atoms with Gasteiger partial charge in [-0.1, -0.05) is 18.2 Å². The first-order valence-corrected chi connectivity index (χ1v) is 10.9. The maximum absolute atomic E-state index is 13.7. The molecule has 140 valence electrons. The van der Waals surface area contributed by atoms with Crippen LogP contribution >= 0.6 is 23.5 Å². The fourth-order valence-electron chi connectivity index (χ4n) is 3.39.